The van der Waals surface area contributed by atoms with Crippen molar-refractivity contribution >= 4 is 0 Å². The fourth-order valence-electron chi connectivity index (χ4n) is 3.48. The third-order valence-corrected chi connectivity index (χ3v) is 4.41. The number of aliphatic hydroxyl groups excluding tert-OH is 1. The molecule has 1 aromatic carbocycles. The Morgan fingerprint density at radius 3 is 2.95 bits per heavy atom. The van der Waals surface area contributed by atoms with E-state index < -0.39 is 0 Å². The lowest BCUT2D eigenvalue weighted by Crippen LogP contribution is -2.42. The molecule has 3 N–H and O–H groups in total. The number of hydrogen-bond acceptors (Lipinski definition) is 4. The van der Waals surface area contributed by atoms with Gasteiger partial charge in [0.2, 0.25) is 0 Å². The van der Waals surface area contributed by atoms with Crippen LogP contribution in [0.2, 0.25) is 0 Å². The lowest BCUT2D eigenvalue weighted by atomic mass is 9.97. The number of likely N-dealkylation sites (tertiary alicyclic amines) is 1. The SMILES string of the molecule is COc1cccc(C(C(C)N)N2CCCC2CCCO)c1. The van der Waals surface area contributed by atoms with E-state index in [0.29, 0.717) is 6.04 Å². The largest absolute Gasteiger partial charge is 0.497 e. The topological polar surface area (TPSA) is 58.7 Å². The Kier molecular flexibility index (Phi) is 6.03. The van der Waals surface area contributed by atoms with Gasteiger partial charge in [-0.3, -0.25) is 4.90 Å². The van der Waals surface area contributed by atoms with Crippen molar-refractivity contribution in [2.45, 2.75) is 50.7 Å². The van der Waals surface area contributed by atoms with Crippen LogP contribution >= 0.6 is 0 Å². The summed E-state index contributed by atoms with van der Waals surface area (Å²) in [6.07, 6.45) is 4.32. The van der Waals surface area contributed by atoms with Crippen LogP contribution in [-0.4, -0.2) is 42.4 Å². The van der Waals surface area contributed by atoms with Gasteiger partial charge in [0, 0.05) is 18.7 Å². The molecule has 1 fully saturated rings. The molecule has 0 amide bonds. The molecule has 1 heterocycles. The molecule has 0 radical (unpaired) electrons. The van der Waals surface area contributed by atoms with Crippen LogP contribution in [0, 0.1) is 0 Å². The van der Waals surface area contributed by atoms with E-state index in [-0.39, 0.29) is 18.7 Å². The van der Waals surface area contributed by atoms with E-state index in [9.17, 15) is 0 Å². The Bertz CT molecular complexity index is 437. The minimum absolute atomic E-state index is 0.0619. The molecular formula is C17H28N2O2. The zero-order chi connectivity index (χ0) is 15.2. The van der Waals surface area contributed by atoms with E-state index in [0.717, 1.165) is 25.1 Å². The van der Waals surface area contributed by atoms with Gasteiger partial charge in [0.05, 0.1) is 13.2 Å². The average Bonchev–Trinajstić information content (AvgIpc) is 2.93. The van der Waals surface area contributed by atoms with Crippen molar-refractivity contribution in [1.29, 1.82) is 0 Å². The third-order valence-electron chi connectivity index (χ3n) is 4.41. The summed E-state index contributed by atoms with van der Waals surface area (Å²) in [5, 5.41) is 9.09. The number of aliphatic hydroxyl groups is 1. The Morgan fingerprint density at radius 2 is 2.29 bits per heavy atom. The molecule has 1 aliphatic rings. The zero-order valence-electron chi connectivity index (χ0n) is 13.2. The minimum Gasteiger partial charge on any atom is -0.497 e. The van der Waals surface area contributed by atoms with E-state index in [1.807, 2.05) is 12.1 Å². The Labute approximate surface area is 127 Å². The molecule has 21 heavy (non-hydrogen) atoms. The molecule has 3 unspecified atom stereocenters. The Morgan fingerprint density at radius 1 is 1.48 bits per heavy atom. The van der Waals surface area contributed by atoms with Crippen LogP contribution in [0.5, 0.6) is 5.75 Å². The predicted molar refractivity (Wildman–Crippen MR) is 85.4 cm³/mol. The maximum atomic E-state index is 9.09. The average molecular weight is 292 g/mol. The van der Waals surface area contributed by atoms with E-state index in [4.69, 9.17) is 15.6 Å². The second-order valence-electron chi connectivity index (χ2n) is 5.98. The third kappa shape index (κ3) is 3.96. The second-order valence-corrected chi connectivity index (χ2v) is 5.98. The molecular weight excluding hydrogens is 264 g/mol. The smallest absolute Gasteiger partial charge is 0.119 e. The number of rotatable bonds is 7. The lowest BCUT2D eigenvalue weighted by molar-refractivity contribution is 0.145. The van der Waals surface area contributed by atoms with E-state index in [2.05, 4.69) is 24.0 Å². The van der Waals surface area contributed by atoms with Crippen LogP contribution in [0.25, 0.3) is 0 Å². The number of methoxy groups -OCH3 is 1. The summed E-state index contributed by atoms with van der Waals surface area (Å²) >= 11 is 0. The van der Waals surface area contributed by atoms with Gasteiger partial charge in [0.1, 0.15) is 5.75 Å². The highest BCUT2D eigenvalue weighted by Crippen LogP contribution is 2.34. The molecule has 4 nitrogen and oxygen atoms in total. The van der Waals surface area contributed by atoms with Gasteiger partial charge in [-0.15, -0.1) is 0 Å². The summed E-state index contributed by atoms with van der Waals surface area (Å²) < 4.78 is 5.35. The number of benzene rings is 1. The summed E-state index contributed by atoms with van der Waals surface area (Å²) in [6.45, 7) is 3.43. The molecule has 1 aliphatic heterocycles. The summed E-state index contributed by atoms with van der Waals surface area (Å²) in [5.41, 5.74) is 7.52. The van der Waals surface area contributed by atoms with Crippen LogP contribution in [0.1, 0.15) is 44.2 Å². The first-order chi connectivity index (χ1) is 10.2. The Balaban J connectivity index is 2.21. The zero-order valence-corrected chi connectivity index (χ0v) is 13.2. The number of nitrogens with two attached hydrogens (primary N) is 1. The summed E-state index contributed by atoms with van der Waals surface area (Å²) in [6, 6.07) is 9.03. The fourth-order valence-corrected chi connectivity index (χ4v) is 3.48. The van der Waals surface area contributed by atoms with Crippen molar-refractivity contribution in [1.82, 2.24) is 4.90 Å². The van der Waals surface area contributed by atoms with Crippen LogP contribution in [0.4, 0.5) is 0 Å². The summed E-state index contributed by atoms with van der Waals surface area (Å²) in [5.74, 6) is 0.879. The number of hydrogen-bond donors (Lipinski definition) is 2. The second kappa shape index (κ2) is 7.78. The highest BCUT2D eigenvalue weighted by Gasteiger charge is 2.33. The van der Waals surface area contributed by atoms with Crippen molar-refractivity contribution in [3.05, 3.63) is 29.8 Å². The summed E-state index contributed by atoms with van der Waals surface area (Å²) in [4.78, 5) is 2.52. The molecule has 2 rings (SSSR count). The van der Waals surface area contributed by atoms with Gasteiger partial charge in [0.15, 0.2) is 0 Å². The van der Waals surface area contributed by atoms with Crippen LogP contribution < -0.4 is 10.5 Å². The molecule has 3 atom stereocenters. The standard InChI is InChI=1S/C17H28N2O2/c1-13(18)17(14-6-3-9-16(12-14)21-2)19-10-4-7-15(19)8-5-11-20/h3,6,9,12-13,15,17,20H,4-5,7-8,10-11,18H2,1-2H3. The molecule has 1 saturated heterocycles. The molecule has 0 spiro atoms. The van der Waals surface area contributed by atoms with Crippen molar-refractivity contribution < 1.29 is 9.84 Å². The van der Waals surface area contributed by atoms with Gasteiger partial charge >= 0.3 is 0 Å². The Hall–Kier alpha value is -1.10. The quantitative estimate of drug-likeness (QED) is 0.810. The molecule has 4 heteroatoms. The minimum atomic E-state index is 0.0619. The summed E-state index contributed by atoms with van der Waals surface area (Å²) in [7, 11) is 1.69. The van der Waals surface area contributed by atoms with Crippen molar-refractivity contribution in [2.24, 2.45) is 5.73 Å². The van der Waals surface area contributed by atoms with Crippen LogP contribution in [-0.2, 0) is 0 Å². The van der Waals surface area contributed by atoms with Crippen molar-refractivity contribution in [3.8, 4) is 5.75 Å². The van der Waals surface area contributed by atoms with Gasteiger partial charge in [-0.05, 0) is 56.8 Å². The first-order valence-corrected chi connectivity index (χ1v) is 7.93. The highest BCUT2D eigenvalue weighted by molar-refractivity contribution is 5.31. The van der Waals surface area contributed by atoms with Crippen LogP contribution in [0.3, 0.4) is 0 Å². The van der Waals surface area contributed by atoms with Crippen molar-refractivity contribution in [2.75, 3.05) is 20.3 Å². The maximum absolute atomic E-state index is 9.09. The lowest BCUT2D eigenvalue weighted by Gasteiger charge is -2.36. The molecule has 1 aromatic rings. The normalized spacial score (nSPS) is 22.2. The molecule has 0 aliphatic carbocycles. The maximum Gasteiger partial charge on any atom is 0.119 e. The van der Waals surface area contributed by atoms with E-state index in [1.165, 1.54) is 18.4 Å². The van der Waals surface area contributed by atoms with Gasteiger partial charge in [-0.25, -0.2) is 0 Å². The monoisotopic (exact) mass is 292 g/mol. The number of nitrogens with zero attached hydrogens (tertiary/aromatic N) is 1. The molecule has 0 bridgehead atoms. The van der Waals surface area contributed by atoms with Crippen LogP contribution in [0.15, 0.2) is 24.3 Å². The fraction of sp³-hybridized carbons (Fsp3) is 0.647. The van der Waals surface area contributed by atoms with Gasteiger partial charge < -0.3 is 15.6 Å². The van der Waals surface area contributed by atoms with E-state index in [1.54, 1.807) is 7.11 Å². The van der Waals surface area contributed by atoms with Gasteiger partial charge in [-0.1, -0.05) is 12.1 Å². The first kappa shape index (κ1) is 16.3. The predicted octanol–water partition coefficient (Wildman–Crippen LogP) is 2.32. The molecule has 118 valence electrons. The van der Waals surface area contributed by atoms with Crippen molar-refractivity contribution in [3.63, 3.8) is 0 Å². The van der Waals surface area contributed by atoms with Gasteiger partial charge in [-0.2, -0.15) is 0 Å². The number of ether oxygens (including phenoxy) is 1. The molecule has 0 saturated carbocycles. The molecule has 0 aromatic heterocycles. The van der Waals surface area contributed by atoms with E-state index >= 15 is 0 Å². The first-order valence-electron chi connectivity index (χ1n) is 7.93. The highest BCUT2D eigenvalue weighted by atomic mass is 16.5. The van der Waals surface area contributed by atoms with Gasteiger partial charge in [0.25, 0.3) is 0 Å².